The predicted molar refractivity (Wildman–Crippen MR) is 71.8 cm³/mol. The molecule has 1 saturated heterocycles. The fourth-order valence-electron chi connectivity index (χ4n) is 3.36. The van der Waals surface area contributed by atoms with E-state index >= 15 is 0 Å². The zero-order valence-electron chi connectivity index (χ0n) is 11.1. The zero-order chi connectivity index (χ0) is 13.6. The molecule has 19 heavy (non-hydrogen) atoms. The maximum atomic E-state index is 12.0. The van der Waals surface area contributed by atoms with Gasteiger partial charge in [0.15, 0.2) is 0 Å². The summed E-state index contributed by atoms with van der Waals surface area (Å²) in [7, 11) is 0. The number of likely N-dealkylation sites (tertiary alicyclic amines) is 1. The number of pyridine rings is 1. The molecule has 2 aliphatic rings. The van der Waals surface area contributed by atoms with Crippen molar-refractivity contribution in [2.75, 3.05) is 13.1 Å². The number of carbonyl (C=O) groups is 1. The summed E-state index contributed by atoms with van der Waals surface area (Å²) in [6, 6.07) is 4.97. The number of aromatic nitrogens is 1. The number of hydrogen-bond acceptors (Lipinski definition) is 3. The number of hydrogen-bond donors (Lipinski definition) is 1. The molecule has 5 nitrogen and oxygen atoms in total. The van der Waals surface area contributed by atoms with Crippen LogP contribution in [0.25, 0.3) is 0 Å². The normalized spacial score (nSPS) is 26.7. The van der Waals surface area contributed by atoms with E-state index in [0.717, 1.165) is 18.7 Å². The average Bonchev–Trinajstić information content (AvgIpc) is 2.39. The van der Waals surface area contributed by atoms with Crippen molar-refractivity contribution in [2.45, 2.75) is 31.8 Å². The summed E-state index contributed by atoms with van der Waals surface area (Å²) in [6.45, 7) is 3.84. The molecule has 0 saturated carbocycles. The highest BCUT2D eigenvalue weighted by Gasteiger charge is 2.36. The van der Waals surface area contributed by atoms with Gasteiger partial charge in [-0.25, -0.2) is 0 Å². The Morgan fingerprint density at radius 3 is 2.89 bits per heavy atom. The van der Waals surface area contributed by atoms with Crippen molar-refractivity contribution in [1.29, 1.82) is 0 Å². The maximum Gasteiger partial charge on any atom is 0.250 e. The Bertz CT molecular complexity index is 564. The van der Waals surface area contributed by atoms with Crippen LogP contribution in [0.1, 0.15) is 25.0 Å². The Morgan fingerprint density at radius 1 is 1.37 bits per heavy atom. The van der Waals surface area contributed by atoms with Gasteiger partial charge < -0.3 is 15.2 Å². The number of amides is 1. The molecule has 5 heteroatoms. The molecule has 1 aromatic heterocycles. The van der Waals surface area contributed by atoms with E-state index in [-0.39, 0.29) is 17.4 Å². The standard InChI is InChI=1S/C14H19N3O2/c1-9(15)14(19)16-6-10-5-11(8-16)12-3-2-4-13(18)17(12)7-10/h2-4,9-11H,5-8,15H2,1H3/t9-,10+,11-/m1/s1. The summed E-state index contributed by atoms with van der Waals surface area (Å²) in [5.41, 5.74) is 6.82. The number of nitrogens with two attached hydrogens (primary N) is 1. The van der Waals surface area contributed by atoms with E-state index in [9.17, 15) is 9.59 Å². The second-order valence-electron chi connectivity index (χ2n) is 5.73. The van der Waals surface area contributed by atoms with Crippen LogP contribution in [-0.2, 0) is 11.3 Å². The fourth-order valence-corrected chi connectivity index (χ4v) is 3.36. The molecule has 2 N–H and O–H groups in total. The maximum absolute atomic E-state index is 12.0. The summed E-state index contributed by atoms with van der Waals surface area (Å²) < 4.78 is 1.87. The lowest BCUT2D eigenvalue weighted by molar-refractivity contribution is -0.134. The Balaban J connectivity index is 1.92. The predicted octanol–water partition coefficient (Wildman–Crippen LogP) is 0.141. The van der Waals surface area contributed by atoms with Gasteiger partial charge in [-0.15, -0.1) is 0 Å². The van der Waals surface area contributed by atoms with E-state index in [2.05, 4.69) is 0 Å². The van der Waals surface area contributed by atoms with Crippen LogP contribution in [-0.4, -0.2) is 34.5 Å². The molecule has 0 radical (unpaired) electrons. The molecule has 3 heterocycles. The third kappa shape index (κ3) is 2.08. The van der Waals surface area contributed by atoms with Gasteiger partial charge in [-0.2, -0.15) is 0 Å². The minimum atomic E-state index is -0.447. The van der Waals surface area contributed by atoms with E-state index < -0.39 is 6.04 Å². The number of piperidine rings is 1. The van der Waals surface area contributed by atoms with Crippen LogP contribution in [0.3, 0.4) is 0 Å². The van der Waals surface area contributed by atoms with Crippen LogP contribution in [0.15, 0.2) is 23.0 Å². The third-order valence-corrected chi connectivity index (χ3v) is 4.18. The van der Waals surface area contributed by atoms with Crippen molar-refractivity contribution in [3.63, 3.8) is 0 Å². The van der Waals surface area contributed by atoms with Gasteiger partial charge in [-0.1, -0.05) is 6.07 Å². The molecule has 2 bridgehead atoms. The summed E-state index contributed by atoms with van der Waals surface area (Å²) in [6.07, 6.45) is 1.06. The summed E-state index contributed by atoms with van der Waals surface area (Å²) in [4.78, 5) is 25.8. The van der Waals surface area contributed by atoms with Crippen LogP contribution < -0.4 is 11.3 Å². The molecule has 0 spiro atoms. The monoisotopic (exact) mass is 261 g/mol. The van der Waals surface area contributed by atoms with E-state index in [4.69, 9.17) is 5.73 Å². The van der Waals surface area contributed by atoms with Gasteiger partial charge in [0.2, 0.25) is 5.91 Å². The van der Waals surface area contributed by atoms with E-state index in [1.807, 2.05) is 15.5 Å². The molecule has 3 atom stereocenters. The lowest BCUT2D eigenvalue weighted by Gasteiger charge is -2.43. The van der Waals surface area contributed by atoms with Crippen LogP contribution >= 0.6 is 0 Å². The first kappa shape index (κ1) is 12.4. The minimum Gasteiger partial charge on any atom is -0.340 e. The van der Waals surface area contributed by atoms with Gasteiger partial charge in [-0.05, 0) is 25.3 Å². The highest BCUT2D eigenvalue weighted by molar-refractivity contribution is 5.81. The summed E-state index contributed by atoms with van der Waals surface area (Å²) >= 11 is 0. The highest BCUT2D eigenvalue weighted by atomic mass is 16.2. The molecule has 2 aliphatic heterocycles. The van der Waals surface area contributed by atoms with Crippen molar-refractivity contribution >= 4 is 5.91 Å². The molecule has 3 rings (SSSR count). The van der Waals surface area contributed by atoms with Gasteiger partial charge >= 0.3 is 0 Å². The molecular formula is C14H19N3O2. The van der Waals surface area contributed by atoms with Gasteiger partial charge in [-0.3, -0.25) is 9.59 Å². The van der Waals surface area contributed by atoms with Gasteiger partial charge in [0.05, 0.1) is 6.04 Å². The van der Waals surface area contributed by atoms with Gasteiger partial charge in [0.1, 0.15) is 0 Å². The first-order valence-corrected chi connectivity index (χ1v) is 6.80. The van der Waals surface area contributed by atoms with Crippen molar-refractivity contribution in [3.05, 3.63) is 34.2 Å². The lowest BCUT2D eigenvalue weighted by atomic mass is 9.83. The zero-order valence-corrected chi connectivity index (χ0v) is 11.1. The minimum absolute atomic E-state index is 0.0152. The Hall–Kier alpha value is -1.62. The van der Waals surface area contributed by atoms with E-state index in [1.165, 1.54) is 0 Å². The van der Waals surface area contributed by atoms with Gasteiger partial charge in [0, 0.05) is 37.3 Å². The largest absolute Gasteiger partial charge is 0.340 e. The SMILES string of the molecule is C[C@@H](N)C(=O)N1C[C@@H]2C[C@H](C1)c1cccc(=O)n1C2. The second kappa shape index (κ2) is 4.49. The van der Waals surface area contributed by atoms with Crippen LogP contribution in [0.5, 0.6) is 0 Å². The first-order chi connectivity index (χ1) is 9.06. The molecule has 0 aliphatic carbocycles. The summed E-state index contributed by atoms with van der Waals surface area (Å²) in [5, 5.41) is 0. The molecule has 102 valence electrons. The number of fused-ring (bicyclic) bond motifs is 4. The number of nitrogens with zero attached hydrogens (tertiary/aromatic N) is 2. The molecule has 0 aromatic carbocycles. The highest BCUT2D eigenvalue weighted by Crippen LogP contribution is 2.34. The number of rotatable bonds is 1. The molecule has 1 aromatic rings. The topological polar surface area (TPSA) is 68.3 Å². The fraction of sp³-hybridized carbons (Fsp3) is 0.571. The van der Waals surface area contributed by atoms with Gasteiger partial charge in [0.25, 0.3) is 5.56 Å². The van der Waals surface area contributed by atoms with Crippen LogP contribution in [0, 0.1) is 5.92 Å². The Kier molecular flexibility index (Phi) is 2.93. The van der Waals surface area contributed by atoms with Crippen molar-refractivity contribution in [1.82, 2.24) is 9.47 Å². The van der Waals surface area contributed by atoms with E-state index in [1.54, 1.807) is 19.1 Å². The Morgan fingerprint density at radius 2 is 2.16 bits per heavy atom. The Labute approximate surface area is 112 Å². The third-order valence-electron chi connectivity index (χ3n) is 4.18. The smallest absolute Gasteiger partial charge is 0.250 e. The van der Waals surface area contributed by atoms with Crippen LogP contribution in [0.2, 0.25) is 0 Å². The molecule has 0 unspecified atom stereocenters. The molecule has 1 amide bonds. The van der Waals surface area contributed by atoms with Crippen LogP contribution in [0.4, 0.5) is 0 Å². The van der Waals surface area contributed by atoms with Crippen molar-refractivity contribution in [3.8, 4) is 0 Å². The second-order valence-corrected chi connectivity index (χ2v) is 5.73. The van der Waals surface area contributed by atoms with Crippen molar-refractivity contribution < 1.29 is 4.79 Å². The number of carbonyl (C=O) groups excluding carboxylic acids is 1. The first-order valence-electron chi connectivity index (χ1n) is 6.80. The summed E-state index contributed by atoms with van der Waals surface area (Å²) in [5.74, 6) is 0.652. The quantitative estimate of drug-likeness (QED) is 0.782. The van der Waals surface area contributed by atoms with Crippen molar-refractivity contribution in [2.24, 2.45) is 11.7 Å². The molecular weight excluding hydrogens is 242 g/mol. The lowest BCUT2D eigenvalue weighted by Crippen LogP contribution is -2.52. The molecule has 1 fully saturated rings. The average molecular weight is 261 g/mol. The van der Waals surface area contributed by atoms with E-state index in [0.29, 0.717) is 19.0 Å².